The summed E-state index contributed by atoms with van der Waals surface area (Å²) >= 11 is 6.73. The molecule has 2 heterocycles. The zero-order valence-corrected chi connectivity index (χ0v) is 10.8. The number of amides is 1. The quantitative estimate of drug-likeness (QED) is 0.270. The third-order valence-electron chi connectivity index (χ3n) is 1.96. The molecule has 62 valence electrons. The third-order valence-corrected chi connectivity index (χ3v) is 7.85. The molecule has 2 nitrogen and oxygen atoms in total. The lowest BCUT2D eigenvalue weighted by Crippen LogP contribution is -2.59. The summed E-state index contributed by atoms with van der Waals surface area (Å²) in [6.07, 6.45) is 0.771. The zero-order valence-electron chi connectivity index (χ0n) is 5.67. The van der Waals surface area contributed by atoms with E-state index < -0.39 is 0 Å². The highest BCUT2D eigenvalue weighted by Gasteiger charge is 2.45. The van der Waals surface area contributed by atoms with Gasteiger partial charge in [-0.05, 0) is 0 Å². The van der Waals surface area contributed by atoms with Crippen molar-refractivity contribution in [1.82, 2.24) is 4.90 Å². The largest absolute Gasteiger partial charge is 0.317 e. The number of halogens is 2. The van der Waals surface area contributed by atoms with Crippen molar-refractivity contribution in [3.8, 4) is 0 Å². The molecule has 2 aliphatic heterocycles. The lowest BCUT2D eigenvalue weighted by atomic mass is 10.2. The topological polar surface area (TPSA) is 20.3 Å². The van der Waals surface area contributed by atoms with Gasteiger partial charge >= 0.3 is 0 Å². The van der Waals surface area contributed by atoms with Gasteiger partial charge in [0.25, 0.3) is 0 Å². The van der Waals surface area contributed by atoms with E-state index in [4.69, 9.17) is 0 Å². The fourth-order valence-corrected chi connectivity index (χ4v) is 5.04. The number of hydrogen-bond donors (Lipinski definition) is 0. The second kappa shape index (κ2) is 3.21. The molecule has 2 aliphatic rings. The summed E-state index contributed by atoms with van der Waals surface area (Å²) in [6, 6.07) is 0. The van der Waals surface area contributed by atoms with E-state index in [-0.39, 0.29) is 0 Å². The Labute approximate surface area is 97.1 Å². The molecular weight excluding hydrogens is 388 g/mol. The molecule has 0 spiro atoms. The summed E-state index contributed by atoms with van der Waals surface area (Å²) in [5, 5.41) is 0.510. The van der Waals surface area contributed by atoms with Crippen LogP contribution in [0.4, 0.5) is 0 Å². The smallest absolute Gasteiger partial charge is 0.227 e. The first-order valence-electron chi connectivity index (χ1n) is 3.41. The van der Waals surface area contributed by atoms with Gasteiger partial charge in [0.15, 0.2) is 0 Å². The van der Waals surface area contributed by atoms with Crippen LogP contribution in [0.3, 0.4) is 0 Å². The maximum Gasteiger partial charge on any atom is 0.227 e. The average molecular weight is 395 g/mol. The summed E-state index contributed by atoms with van der Waals surface area (Å²) in [7, 11) is 0. The summed E-state index contributed by atoms with van der Waals surface area (Å²) in [5.74, 6) is 1.53. The van der Waals surface area contributed by atoms with Crippen LogP contribution in [0.25, 0.3) is 0 Å². The summed E-state index contributed by atoms with van der Waals surface area (Å²) < 4.78 is 1.05. The molecule has 0 saturated carbocycles. The molecule has 2 saturated heterocycles. The number of nitrogens with zero attached hydrogens (tertiary/aromatic N) is 1. The Morgan fingerprint density at radius 1 is 1.55 bits per heavy atom. The molecule has 0 aromatic rings. The lowest BCUT2D eigenvalue weighted by molar-refractivity contribution is -0.142. The van der Waals surface area contributed by atoms with Crippen molar-refractivity contribution in [2.45, 2.75) is 19.8 Å². The van der Waals surface area contributed by atoms with Gasteiger partial charge in [0, 0.05) is 9.68 Å². The minimum absolute atomic E-state index is 0.336. The molecule has 5 heteroatoms. The van der Waals surface area contributed by atoms with E-state index in [2.05, 4.69) is 45.2 Å². The molecule has 11 heavy (non-hydrogen) atoms. The average Bonchev–Trinajstić information content (AvgIpc) is 1.94. The molecule has 2 rings (SSSR count). The number of hydrogen-bond acceptors (Lipinski definition) is 2. The van der Waals surface area contributed by atoms with Crippen LogP contribution in [0.5, 0.6) is 0 Å². The summed E-state index contributed by atoms with van der Waals surface area (Å²) in [4.78, 5) is 13.1. The highest BCUT2D eigenvalue weighted by Crippen LogP contribution is 2.42. The highest BCUT2D eigenvalue weighted by atomic mass is 127. The number of rotatable bonds is 0. The molecule has 3 atom stereocenters. The van der Waals surface area contributed by atoms with Gasteiger partial charge in [-0.3, -0.25) is 4.79 Å². The van der Waals surface area contributed by atoms with E-state index in [1.54, 1.807) is 0 Å². The van der Waals surface area contributed by atoms with Crippen molar-refractivity contribution >= 4 is 62.9 Å². The molecule has 0 aromatic carbocycles. The fourth-order valence-electron chi connectivity index (χ4n) is 1.29. The van der Waals surface area contributed by atoms with Gasteiger partial charge in [-0.15, -0.1) is 11.8 Å². The van der Waals surface area contributed by atoms with Crippen molar-refractivity contribution in [2.75, 3.05) is 5.75 Å². The minimum Gasteiger partial charge on any atom is -0.317 e. The number of alkyl halides is 2. The number of thioether (sulfide) groups is 1. The van der Waals surface area contributed by atoms with Crippen LogP contribution in [0.2, 0.25) is 0 Å². The van der Waals surface area contributed by atoms with Crippen LogP contribution in [0, 0.1) is 0 Å². The van der Waals surface area contributed by atoms with Crippen molar-refractivity contribution in [2.24, 2.45) is 0 Å². The van der Waals surface area contributed by atoms with Gasteiger partial charge in [0.1, 0.15) is 0 Å². The first-order valence-corrected chi connectivity index (χ1v) is 6.95. The van der Waals surface area contributed by atoms with Crippen LogP contribution in [0.15, 0.2) is 0 Å². The van der Waals surface area contributed by atoms with Crippen LogP contribution < -0.4 is 0 Å². The van der Waals surface area contributed by atoms with E-state index in [0.29, 0.717) is 19.3 Å². The molecule has 2 unspecified atom stereocenters. The van der Waals surface area contributed by atoms with Crippen LogP contribution in [-0.4, -0.2) is 29.9 Å². The SMILES string of the molecule is O=C1C[C@@H]2SCC(I)C(I)N12. The van der Waals surface area contributed by atoms with Gasteiger partial charge in [0.05, 0.1) is 15.8 Å². The molecule has 1 amide bonds. The first kappa shape index (κ1) is 8.86. The molecule has 0 aliphatic carbocycles. The van der Waals surface area contributed by atoms with Crippen molar-refractivity contribution in [1.29, 1.82) is 0 Å². The van der Waals surface area contributed by atoms with Gasteiger partial charge < -0.3 is 4.90 Å². The monoisotopic (exact) mass is 395 g/mol. The lowest BCUT2D eigenvalue weighted by Gasteiger charge is -2.48. The zero-order chi connectivity index (χ0) is 8.01. The van der Waals surface area contributed by atoms with E-state index in [9.17, 15) is 4.79 Å². The number of β-lactam (4-membered cyclic amide) rings is 1. The highest BCUT2D eigenvalue weighted by molar-refractivity contribution is 14.1. The van der Waals surface area contributed by atoms with Crippen molar-refractivity contribution < 1.29 is 4.79 Å². The van der Waals surface area contributed by atoms with E-state index in [1.165, 1.54) is 5.75 Å². The van der Waals surface area contributed by atoms with Crippen molar-refractivity contribution in [3.05, 3.63) is 0 Å². The van der Waals surface area contributed by atoms with E-state index >= 15 is 0 Å². The predicted octanol–water partition coefficient (Wildman–Crippen LogP) is 1.86. The number of carbonyl (C=O) groups excluding carboxylic acids is 1. The van der Waals surface area contributed by atoms with Crippen molar-refractivity contribution in [3.63, 3.8) is 0 Å². The normalized spacial score (nSPS) is 43.3. The Hall–Kier alpha value is 1.28. The summed E-state index contributed by atoms with van der Waals surface area (Å²) in [5.41, 5.74) is 0. The standard InChI is InChI=1S/C6H7I2NOS/c7-3-2-11-5-1-4(10)9(5)6(3)8/h3,5-6H,1-2H2/t3?,5-,6?/m0/s1. The maximum atomic E-state index is 11.1. The Morgan fingerprint density at radius 3 is 2.82 bits per heavy atom. The first-order chi connectivity index (χ1) is 5.20. The summed E-state index contributed by atoms with van der Waals surface area (Å²) in [6.45, 7) is 0. The predicted molar refractivity (Wildman–Crippen MR) is 63.3 cm³/mol. The van der Waals surface area contributed by atoms with Gasteiger partial charge in [0.2, 0.25) is 5.91 Å². The fraction of sp³-hybridized carbons (Fsp3) is 0.833. The Bertz CT molecular complexity index is 201. The number of fused-ring (bicyclic) bond motifs is 1. The maximum absolute atomic E-state index is 11.1. The molecular formula is C6H7I2NOS. The molecule has 0 radical (unpaired) electrons. The Morgan fingerprint density at radius 2 is 2.27 bits per heavy atom. The Balaban J connectivity index is 2.10. The Kier molecular flexibility index (Phi) is 2.58. The minimum atomic E-state index is 0.336. The van der Waals surface area contributed by atoms with Gasteiger partial charge in [-0.1, -0.05) is 45.2 Å². The molecule has 0 N–H and O–H groups in total. The molecule has 0 aromatic heterocycles. The van der Waals surface area contributed by atoms with E-state index in [0.717, 1.165) is 6.42 Å². The van der Waals surface area contributed by atoms with Crippen LogP contribution in [0.1, 0.15) is 6.42 Å². The molecule has 2 fully saturated rings. The third kappa shape index (κ3) is 1.41. The van der Waals surface area contributed by atoms with Crippen LogP contribution >= 0.6 is 56.9 Å². The van der Waals surface area contributed by atoms with Gasteiger partial charge in [-0.25, -0.2) is 0 Å². The van der Waals surface area contributed by atoms with Crippen LogP contribution in [-0.2, 0) is 4.79 Å². The second-order valence-electron chi connectivity index (χ2n) is 2.68. The van der Waals surface area contributed by atoms with E-state index in [1.807, 2.05) is 16.7 Å². The molecule has 0 bridgehead atoms. The number of carbonyl (C=O) groups is 1. The van der Waals surface area contributed by atoms with Gasteiger partial charge in [-0.2, -0.15) is 0 Å². The second-order valence-corrected chi connectivity index (χ2v) is 6.77.